The van der Waals surface area contributed by atoms with Crippen molar-refractivity contribution in [2.24, 2.45) is 0 Å². The Bertz CT molecular complexity index is 370. The van der Waals surface area contributed by atoms with Crippen LogP contribution in [0.5, 0.6) is 0 Å². The largest absolute Gasteiger partial charge is 0.478 e. The maximum Gasteiger partial charge on any atom is 0.336 e. The summed E-state index contributed by atoms with van der Waals surface area (Å²) in [6.45, 7) is 5.39. The van der Waals surface area contributed by atoms with E-state index in [1.807, 2.05) is 6.92 Å². The number of rotatable bonds is 1. The molecule has 0 aliphatic carbocycles. The summed E-state index contributed by atoms with van der Waals surface area (Å²) in [5, 5.41) is 8.91. The van der Waals surface area contributed by atoms with E-state index in [4.69, 9.17) is 10.8 Å². The van der Waals surface area contributed by atoms with Gasteiger partial charge in [-0.3, -0.25) is 0 Å². The van der Waals surface area contributed by atoms with Crippen molar-refractivity contribution in [1.29, 1.82) is 0 Å². The fourth-order valence-corrected chi connectivity index (χ4v) is 1.53. The molecule has 3 heteroatoms. The van der Waals surface area contributed by atoms with Crippen molar-refractivity contribution in [2.75, 3.05) is 5.73 Å². The van der Waals surface area contributed by atoms with E-state index in [-0.39, 0.29) is 0 Å². The monoisotopic (exact) mass is 179 g/mol. The van der Waals surface area contributed by atoms with Crippen LogP contribution in [-0.4, -0.2) is 11.1 Å². The molecule has 0 aromatic heterocycles. The van der Waals surface area contributed by atoms with Gasteiger partial charge in [0.25, 0.3) is 0 Å². The zero-order valence-electron chi connectivity index (χ0n) is 8.01. The number of aromatic carboxylic acids is 1. The summed E-state index contributed by atoms with van der Waals surface area (Å²) >= 11 is 0. The fraction of sp³-hybridized carbons (Fsp3) is 0.300. The summed E-state index contributed by atoms with van der Waals surface area (Å²) in [4.78, 5) is 10.9. The van der Waals surface area contributed by atoms with Gasteiger partial charge in [-0.2, -0.15) is 0 Å². The average Bonchev–Trinajstić information content (AvgIpc) is 1.99. The highest BCUT2D eigenvalue weighted by Crippen LogP contribution is 2.23. The molecule has 0 atom stereocenters. The first kappa shape index (κ1) is 9.58. The Hall–Kier alpha value is -1.51. The third-order valence-electron chi connectivity index (χ3n) is 2.25. The van der Waals surface area contributed by atoms with Gasteiger partial charge in [0.1, 0.15) is 0 Å². The summed E-state index contributed by atoms with van der Waals surface area (Å²) in [5.41, 5.74) is 8.97. The van der Waals surface area contributed by atoms with Crippen molar-refractivity contribution in [3.8, 4) is 0 Å². The van der Waals surface area contributed by atoms with Gasteiger partial charge in [-0.05, 0) is 37.5 Å². The second kappa shape index (κ2) is 3.09. The Kier molecular flexibility index (Phi) is 2.28. The number of hydrogen-bond donors (Lipinski definition) is 2. The van der Waals surface area contributed by atoms with Crippen molar-refractivity contribution in [3.05, 3.63) is 28.3 Å². The number of aryl methyl sites for hydroxylation is 2. The van der Waals surface area contributed by atoms with Gasteiger partial charge in [0.05, 0.1) is 5.56 Å². The molecule has 1 rings (SSSR count). The Morgan fingerprint density at radius 2 is 1.85 bits per heavy atom. The quantitative estimate of drug-likeness (QED) is 0.647. The molecule has 1 aromatic carbocycles. The maximum atomic E-state index is 10.9. The number of hydrogen-bond acceptors (Lipinski definition) is 2. The van der Waals surface area contributed by atoms with Gasteiger partial charge < -0.3 is 10.8 Å². The van der Waals surface area contributed by atoms with Crippen LogP contribution in [0.15, 0.2) is 6.07 Å². The maximum absolute atomic E-state index is 10.9. The minimum atomic E-state index is -0.915. The SMILES string of the molecule is Cc1cc(C)c(C(=O)O)c(C)c1N. The molecule has 0 fully saturated rings. The van der Waals surface area contributed by atoms with Crippen LogP contribution in [0.2, 0.25) is 0 Å². The smallest absolute Gasteiger partial charge is 0.336 e. The Morgan fingerprint density at radius 3 is 2.31 bits per heavy atom. The lowest BCUT2D eigenvalue weighted by Crippen LogP contribution is -2.07. The Balaban J connectivity index is 3.53. The summed E-state index contributed by atoms with van der Waals surface area (Å²) in [7, 11) is 0. The third-order valence-corrected chi connectivity index (χ3v) is 2.25. The second-order valence-corrected chi connectivity index (χ2v) is 3.23. The molecule has 0 heterocycles. The molecule has 0 spiro atoms. The van der Waals surface area contributed by atoms with Crippen LogP contribution in [0, 0.1) is 20.8 Å². The number of carbonyl (C=O) groups is 1. The van der Waals surface area contributed by atoms with Crippen molar-refractivity contribution in [3.63, 3.8) is 0 Å². The zero-order valence-corrected chi connectivity index (χ0v) is 8.01. The molecular formula is C10H13NO2. The normalized spacial score (nSPS) is 10.1. The lowest BCUT2D eigenvalue weighted by molar-refractivity contribution is 0.0695. The van der Waals surface area contributed by atoms with E-state index in [9.17, 15) is 4.79 Å². The first-order chi connectivity index (χ1) is 5.95. The van der Waals surface area contributed by atoms with Crippen molar-refractivity contribution in [1.82, 2.24) is 0 Å². The summed E-state index contributed by atoms with van der Waals surface area (Å²) in [6.07, 6.45) is 0. The number of carboxylic acids is 1. The van der Waals surface area contributed by atoms with E-state index in [2.05, 4.69) is 0 Å². The van der Waals surface area contributed by atoms with Gasteiger partial charge in [0, 0.05) is 5.69 Å². The van der Waals surface area contributed by atoms with E-state index < -0.39 is 5.97 Å². The second-order valence-electron chi connectivity index (χ2n) is 3.23. The van der Waals surface area contributed by atoms with E-state index in [0.717, 1.165) is 11.1 Å². The molecule has 3 N–H and O–H groups in total. The van der Waals surface area contributed by atoms with Gasteiger partial charge in [0.15, 0.2) is 0 Å². The molecule has 0 bridgehead atoms. The lowest BCUT2D eigenvalue weighted by atomic mass is 9.98. The van der Waals surface area contributed by atoms with E-state index in [1.54, 1.807) is 19.9 Å². The molecule has 13 heavy (non-hydrogen) atoms. The van der Waals surface area contributed by atoms with Gasteiger partial charge >= 0.3 is 5.97 Å². The van der Waals surface area contributed by atoms with Crippen LogP contribution < -0.4 is 5.73 Å². The molecule has 0 aliphatic heterocycles. The number of anilines is 1. The van der Waals surface area contributed by atoms with Gasteiger partial charge in [0.2, 0.25) is 0 Å². The topological polar surface area (TPSA) is 63.3 Å². The minimum Gasteiger partial charge on any atom is -0.478 e. The van der Waals surface area contributed by atoms with Gasteiger partial charge in [-0.1, -0.05) is 6.07 Å². The molecule has 0 unspecified atom stereocenters. The van der Waals surface area contributed by atoms with Crippen LogP contribution >= 0.6 is 0 Å². The highest BCUT2D eigenvalue weighted by molar-refractivity contribution is 5.93. The summed E-state index contributed by atoms with van der Waals surface area (Å²) in [5.74, 6) is -0.915. The fourth-order valence-electron chi connectivity index (χ4n) is 1.53. The highest BCUT2D eigenvalue weighted by Gasteiger charge is 2.13. The van der Waals surface area contributed by atoms with Crippen LogP contribution in [0.25, 0.3) is 0 Å². The van der Waals surface area contributed by atoms with Crippen LogP contribution in [-0.2, 0) is 0 Å². The Morgan fingerprint density at radius 1 is 1.31 bits per heavy atom. The first-order valence-corrected chi connectivity index (χ1v) is 4.04. The highest BCUT2D eigenvalue weighted by atomic mass is 16.4. The molecule has 0 saturated carbocycles. The predicted molar refractivity (Wildman–Crippen MR) is 52.0 cm³/mol. The number of carboxylic acid groups (broad SMARTS) is 1. The zero-order chi connectivity index (χ0) is 10.2. The minimum absolute atomic E-state index is 0.322. The Labute approximate surface area is 77.2 Å². The third kappa shape index (κ3) is 1.49. The van der Waals surface area contributed by atoms with E-state index in [0.29, 0.717) is 16.8 Å². The molecule has 0 amide bonds. The molecule has 0 saturated heterocycles. The average molecular weight is 179 g/mol. The van der Waals surface area contributed by atoms with Crippen LogP contribution in [0.1, 0.15) is 27.0 Å². The summed E-state index contributed by atoms with van der Waals surface area (Å²) < 4.78 is 0. The van der Waals surface area contributed by atoms with Gasteiger partial charge in [-0.15, -0.1) is 0 Å². The van der Waals surface area contributed by atoms with Gasteiger partial charge in [-0.25, -0.2) is 4.79 Å². The number of benzene rings is 1. The molecule has 70 valence electrons. The number of nitrogens with two attached hydrogens (primary N) is 1. The lowest BCUT2D eigenvalue weighted by Gasteiger charge is -2.10. The van der Waals surface area contributed by atoms with Crippen LogP contribution in [0.4, 0.5) is 5.69 Å². The number of nitrogen functional groups attached to an aromatic ring is 1. The molecule has 3 nitrogen and oxygen atoms in total. The predicted octanol–water partition coefficient (Wildman–Crippen LogP) is 1.89. The molecule has 0 radical (unpaired) electrons. The summed E-state index contributed by atoms with van der Waals surface area (Å²) in [6, 6.07) is 1.80. The molecule has 0 aliphatic rings. The van der Waals surface area contributed by atoms with Crippen molar-refractivity contribution in [2.45, 2.75) is 20.8 Å². The van der Waals surface area contributed by atoms with Crippen molar-refractivity contribution >= 4 is 11.7 Å². The van der Waals surface area contributed by atoms with E-state index >= 15 is 0 Å². The van der Waals surface area contributed by atoms with E-state index in [1.165, 1.54) is 0 Å². The molecular weight excluding hydrogens is 166 g/mol. The van der Waals surface area contributed by atoms with Crippen LogP contribution in [0.3, 0.4) is 0 Å². The standard InChI is InChI=1S/C10H13NO2/c1-5-4-6(2)9(11)7(3)8(5)10(12)13/h4H,11H2,1-3H3,(H,12,13). The van der Waals surface area contributed by atoms with Crippen molar-refractivity contribution < 1.29 is 9.90 Å². The first-order valence-electron chi connectivity index (χ1n) is 4.04. The molecule has 1 aromatic rings.